The zero-order chi connectivity index (χ0) is 14.4. The Morgan fingerprint density at radius 1 is 1.10 bits per heavy atom. The molecule has 0 fully saturated rings. The number of rotatable bonds is 1. The van der Waals surface area contributed by atoms with Gasteiger partial charge in [-0.05, 0) is 24.3 Å². The zero-order valence-corrected chi connectivity index (χ0v) is 11.0. The number of H-pyrrole nitrogens is 1. The molecule has 2 aromatic heterocycles. The molecule has 4 rings (SSSR count). The number of carbonyl (C=O) groups excluding carboxylic acids is 1. The van der Waals surface area contributed by atoms with Crippen LogP contribution in [0.4, 0.5) is 0 Å². The highest BCUT2D eigenvalue weighted by atomic mass is 16.5. The predicted octanol–water partition coefficient (Wildman–Crippen LogP) is 2.56. The summed E-state index contributed by atoms with van der Waals surface area (Å²) in [6.07, 6.45) is 1.63. The summed E-state index contributed by atoms with van der Waals surface area (Å²) in [5, 5.41) is 0.719. The third-order valence-electron chi connectivity index (χ3n) is 3.73. The molecule has 5 heteroatoms. The van der Waals surface area contributed by atoms with Crippen molar-refractivity contribution >= 4 is 16.9 Å². The molecule has 21 heavy (non-hydrogen) atoms. The SMILES string of the molecule is O=C1C[C@H](c2ccco2)c2c(c3ccccc3[nH]c2=O)O1. The van der Waals surface area contributed by atoms with Gasteiger partial charge in [-0.1, -0.05) is 12.1 Å². The molecule has 1 N–H and O–H groups in total. The van der Waals surface area contributed by atoms with Gasteiger partial charge in [0.15, 0.2) is 0 Å². The lowest BCUT2D eigenvalue weighted by molar-refractivity contribution is -0.135. The van der Waals surface area contributed by atoms with Crippen LogP contribution in [-0.4, -0.2) is 11.0 Å². The molecule has 0 spiro atoms. The number of fused-ring (bicyclic) bond motifs is 3. The smallest absolute Gasteiger partial charge is 0.312 e. The Kier molecular flexibility index (Phi) is 2.47. The number of aromatic nitrogens is 1. The van der Waals surface area contributed by atoms with Crippen LogP contribution in [0, 0.1) is 0 Å². The van der Waals surface area contributed by atoms with E-state index in [1.165, 1.54) is 6.26 Å². The first-order chi connectivity index (χ1) is 10.2. The van der Waals surface area contributed by atoms with Crippen molar-refractivity contribution in [1.82, 2.24) is 4.98 Å². The van der Waals surface area contributed by atoms with Gasteiger partial charge in [-0.3, -0.25) is 9.59 Å². The summed E-state index contributed by atoms with van der Waals surface area (Å²) in [5.74, 6) is 0.157. The molecule has 1 aliphatic rings. The van der Waals surface area contributed by atoms with Crippen LogP contribution in [0.25, 0.3) is 10.9 Å². The van der Waals surface area contributed by atoms with E-state index in [4.69, 9.17) is 9.15 Å². The third-order valence-corrected chi connectivity index (χ3v) is 3.73. The molecular formula is C16H11NO4. The number of nitrogens with one attached hydrogen (secondary N) is 1. The van der Waals surface area contributed by atoms with Gasteiger partial charge in [0.05, 0.1) is 29.7 Å². The molecule has 104 valence electrons. The molecule has 0 unspecified atom stereocenters. The number of ether oxygens (including phenoxy) is 1. The summed E-state index contributed by atoms with van der Waals surface area (Å²) in [5.41, 5.74) is 0.843. The van der Waals surface area contributed by atoms with Crippen molar-refractivity contribution < 1.29 is 13.9 Å². The molecule has 0 bridgehead atoms. The summed E-state index contributed by atoms with van der Waals surface area (Å²) < 4.78 is 10.7. The molecule has 1 aliphatic heterocycles. The number of benzene rings is 1. The Morgan fingerprint density at radius 3 is 2.76 bits per heavy atom. The molecule has 3 heterocycles. The fourth-order valence-electron chi connectivity index (χ4n) is 2.81. The summed E-state index contributed by atoms with van der Waals surface area (Å²) in [4.78, 5) is 27.1. The quantitative estimate of drug-likeness (QED) is 0.696. The number of carbonyl (C=O) groups is 1. The van der Waals surface area contributed by atoms with E-state index in [9.17, 15) is 9.59 Å². The van der Waals surface area contributed by atoms with Gasteiger partial charge in [0.2, 0.25) is 0 Å². The maximum Gasteiger partial charge on any atom is 0.312 e. The molecule has 0 amide bonds. The standard InChI is InChI=1S/C16H11NO4/c18-13-8-10(12-6-3-7-20-12)14-15(21-13)9-4-1-2-5-11(9)17-16(14)19/h1-7,10H,8H2,(H,17,19)/t10-/m1/s1. The van der Waals surface area contributed by atoms with Crippen molar-refractivity contribution in [2.45, 2.75) is 12.3 Å². The normalized spacial score (nSPS) is 17.5. The highest BCUT2D eigenvalue weighted by Crippen LogP contribution is 2.39. The lowest BCUT2D eigenvalue weighted by Crippen LogP contribution is -2.28. The van der Waals surface area contributed by atoms with E-state index in [2.05, 4.69) is 4.98 Å². The maximum absolute atomic E-state index is 12.4. The number of furan rings is 1. The van der Waals surface area contributed by atoms with Gasteiger partial charge in [-0.15, -0.1) is 0 Å². The molecule has 1 atom stereocenters. The number of hydrogen-bond donors (Lipinski definition) is 1. The Balaban J connectivity index is 2.06. The topological polar surface area (TPSA) is 72.3 Å². The third kappa shape index (κ3) is 1.78. The van der Waals surface area contributed by atoms with Gasteiger partial charge in [-0.2, -0.15) is 0 Å². The van der Waals surface area contributed by atoms with Crippen LogP contribution < -0.4 is 10.3 Å². The largest absolute Gasteiger partial charge is 0.469 e. The second kappa shape index (κ2) is 4.34. The van der Waals surface area contributed by atoms with Crippen LogP contribution in [0.1, 0.15) is 23.7 Å². The monoisotopic (exact) mass is 281 g/mol. The molecule has 5 nitrogen and oxygen atoms in total. The average Bonchev–Trinajstić information content (AvgIpc) is 3.00. The first-order valence-corrected chi connectivity index (χ1v) is 6.63. The van der Waals surface area contributed by atoms with Gasteiger partial charge in [0.25, 0.3) is 5.56 Å². The summed E-state index contributed by atoms with van der Waals surface area (Å²) >= 11 is 0. The minimum Gasteiger partial charge on any atom is -0.469 e. The fourth-order valence-corrected chi connectivity index (χ4v) is 2.81. The Morgan fingerprint density at radius 2 is 1.95 bits per heavy atom. The molecule has 1 aromatic carbocycles. The van der Waals surface area contributed by atoms with Crippen molar-refractivity contribution in [3.05, 3.63) is 64.3 Å². The number of para-hydroxylation sites is 1. The number of pyridine rings is 1. The van der Waals surface area contributed by atoms with Crippen LogP contribution in [0.15, 0.2) is 51.9 Å². The van der Waals surface area contributed by atoms with Crippen LogP contribution >= 0.6 is 0 Å². The number of esters is 1. The minimum atomic E-state index is -0.412. The molecule has 0 saturated carbocycles. The molecule has 0 saturated heterocycles. The van der Waals surface area contributed by atoms with Gasteiger partial charge in [0.1, 0.15) is 11.5 Å². The van der Waals surface area contributed by atoms with Crippen LogP contribution in [0.5, 0.6) is 5.75 Å². The number of hydrogen-bond acceptors (Lipinski definition) is 4. The van der Waals surface area contributed by atoms with Crippen molar-refractivity contribution in [3.63, 3.8) is 0 Å². The second-order valence-electron chi connectivity index (χ2n) is 4.99. The summed E-state index contributed by atoms with van der Waals surface area (Å²) in [6, 6.07) is 10.8. The van der Waals surface area contributed by atoms with E-state index < -0.39 is 5.92 Å². The van der Waals surface area contributed by atoms with E-state index in [1.807, 2.05) is 18.2 Å². The highest BCUT2D eigenvalue weighted by Gasteiger charge is 2.34. The highest BCUT2D eigenvalue weighted by molar-refractivity contribution is 5.91. The lowest BCUT2D eigenvalue weighted by Gasteiger charge is -2.23. The maximum atomic E-state index is 12.4. The van der Waals surface area contributed by atoms with Gasteiger partial charge < -0.3 is 14.1 Å². The van der Waals surface area contributed by atoms with Crippen LogP contribution in [0.2, 0.25) is 0 Å². The minimum absolute atomic E-state index is 0.0991. The van der Waals surface area contributed by atoms with Crippen molar-refractivity contribution in [3.8, 4) is 5.75 Å². The van der Waals surface area contributed by atoms with Crippen molar-refractivity contribution in [2.24, 2.45) is 0 Å². The Hall–Kier alpha value is -2.82. The van der Waals surface area contributed by atoms with Crippen molar-refractivity contribution in [1.29, 1.82) is 0 Å². The molecule has 3 aromatic rings. The summed E-state index contributed by atoms with van der Waals surface area (Å²) in [7, 11) is 0. The van der Waals surface area contributed by atoms with E-state index in [0.717, 1.165) is 5.39 Å². The van der Waals surface area contributed by atoms with Gasteiger partial charge >= 0.3 is 5.97 Å². The molecule has 0 aliphatic carbocycles. The Labute approximate surface area is 119 Å². The van der Waals surface area contributed by atoms with Gasteiger partial charge in [-0.25, -0.2) is 0 Å². The lowest BCUT2D eigenvalue weighted by atomic mass is 9.90. The Bertz CT molecular complexity index is 892. The van der Waals surface area contributed by atoms with Gasteiger partial charge in [0, 0.05) is 5.39 Å². The summed E-state index contributed by atoms with van der Waals surface area (Å²) in [6.45, 7) is 0. The van der Waals surface area contributed by atoms with Crippen LogP contribution in [-0.2, 0) is 4.79 Å². The molecular weight excluding hydrogens is 270 g/mol. The van der Waals surface area contributed by atoms with E-state index >= 15 is 0 Å². The van der Waals surface area contributed by atoms with Crippen molar-refractivity contribution in [2.75, 3.05) is 0 Å². The predicted molar refractivity (Wildman–Crippen MR) is 75.4 cm³/mol. The first kappa shape index (κ1) is 12.0. The molecule has 0 radical (unpaired) electrons. The number of aromatic amines is 1. The fraction of sp³-hybridized carbons (Fsp3) is 0.125. The van der Waals surface area contributed by atoms with Crippen LogP contribution in [0.3, 0.4) is 0 Å². The van der Waals surface area contributed by atoms with E-state index in [-0.39, 0.29) is 17.9 Å². The first-order valence-electron chi connectivity index (χ1n) is 6.63. The van der Waals surface area contributed by atoms with E-state index in [1.54, 1.807) is 18.2 Å². The zero-order valence-electron chi connectivity index (χ0n) is 11.0. The van der Waals surface area contributed by atoms with E-state index in [0.29, 0.717) is 22.6 Å². The average molecular weight is 281 g/mol. The second-order valence-corrected chi connectivity index (χ2v) is 4.99.